The maximum Gasteiger partial charge on any atom is 0.338 e. The lowest BCUT2D eigenvalue weighted by molar-refractivity contribution is 0.0525. The molecule has 1 aliphatic carbocycles. The molecule has 0 radical (unpaired) electrons. The first-order chi connectivity index (χ1) is 13.6. The number of hydrogen-bond donors (Lipinski definition) is 1. The number of carbonyl (C=O) groups is 2. The number of hydrogen-bond acceptors (Lipinski definition) is 5. The second-order valence-electron chi connectivity index (χ2n) is 7.11. The molecule has 2 aromatic rings. The second-order valence-corrected chi connectivity index (χ2v) is 7.11. The van der Waals surface area contributed by atoms with Crippen LogP contribution in [0.1, 0.15) is 57.1 Å². The summed E-state index contributed by atoms with van der Waals surface area (Å²) in [5.74, 6) is -0.0189. The number of nitrogens with one attached hydrogen (secondary N) is 1. The highest BCUT2D eigenvalue weighted by Crippen LogP contribution is 2.49. The van der Waals surface area contributed by atoms with E-state index in [2.05, 4.69) is 17.5 Å². The molecule has 5 heteroatoms. The van der Waals surface area contributed by atoms with E-state index >= 15 is 0 Å². The van der Waals surface area contributed by atoms with E-state index < -0.39 is 0 Å². The summed E-state index contributed by atoms with van der Waals surface area (Å²) in [5, 5.41) is 3.64. The first-order valence-corrected chi connectivity index (χ1v) is 9.55. The normalized spacial score (nSPS) is 22.0. The van der Waals surface area contributed by atoms with E-state index in [1.165, 1.54) is 7.11 Å². The Morgan fingerprint density at radius 1 is 1.07 bits per heavy atom. The van der Waals surface area contributed by atoms with Gasteiger partial charge in [-0.3, -0.25) is 0 Å². The Bertz CT molecular complexity index is 932. The molecule has 1 heterocycles. The second kappa shape index (κ2) is 7.50. The summed E-state index contributed by atoms with van der Waals surface area (Å²) in [6, 6.07) is 13.4. The predicted molar refractivity (Wildman–Crippen MR) is 107 cm³/mol. The summed E-state index contributed by atoms with van der Waals surface area (Å²) in [4.78, 5) is 23.8. The first kappa shape index (κ1) is 18.3. The number of esters is 2. The number of methoxy groups -OCH3 is 1. The van der Waals surface area contributed by atoms with Gasteiger partial charge in [0.1, 0.15) is 0 Å². The van der Waals surface area contributed by atoms with Crippen molar-refractivity contribution >= 4 is 17.6 Å². The van der Waals surface area contributed by atoms with Crippen LogP contribution in [-0.2, 0) is 9.47 Å². The highest BCUT2D eigenvalue weighted by molar-refractivity contribution is 5.91. The van der Waals surface area contributed by atoms with E-state index in [1.807, 2.05) is 31.2 Å². The lowest BCUT2D eigenvalue weighted by Gasteiger charge is -2.37. The molecule has 2 aromatic carbocycles. The van der Waals surface area contributed by atoms with Crippen molar-refractivity contribution in [2.24, 2.45) is 5.92 Å². The van der Waals surface area contributed by atoms with Crippen molar-refractivity contribution < 1.29 is 19.1 Å². The minimum absolute atomic E-state index is 0.132. The Kier molecular flexibility index (Phi) is 4.90. The minimum atomic E-state index is -0.333. The van der Waals surface area contributed by atoms with Crippen molar-refractivity contribution in [1.82, 2.24) is 0 Å². The molecule has 0 aromatic heterocycles. The standard InChI is InChI=1S/C23H23NO4/c1-3-28-23(26)16-11-12-20-19(13-16)17-5-4-6-18(17)21(24-20)14-7-9-15(10-8-14)22(25)27-2/h4-5,7-13,17-18,21,24H,3,6H2,1-2H3/t17-,18+,21-/m0/s1. The SMILES string of the molecule is CCOC(=O)c1ccc2c(c1)[C@H]1C=CC[C@H]1[C@H](c1ccc(C(=O)OC)cc1)N2. The fraction of sp³-hybridized carbons (Fsp3) is 0.304. The average Bonchev–Trinajstić information content (AvgIpc) is 3.23. The average molecular weight is 377 g/mol. The number of anilines is 1. The number of fused-ring (bicyclic) bond motifs is 3. The Hall–Kier alpha value is -3.08. The van der Waals surface area contributed by atoms with E-state index in [9.17, 15) is 9.59 Å². The van der Waals surface area contributed by atoms with Gasteiger partial charge in [-0.1, -0.05) is 24.3 Å². The van der Waals surface area contributed by atoms with Crippen LogP contribution in [-0.4, -0.2) is 25.7 Å². The van der Waals surface area contributed by atoms with Gasteiger partial charge in [0.15, 0.2) is 0 Å². The summed E-state index contributed by atoms with van der Waals surface area (Å²) in [6.45, 7) is 2.17. The van der Waals surface area contributed by atoms with Crippen LogP contribution in [0.2, 0.25) is 0 Å². The van der Waals surface area contributed by atoms with E-state index in [1.54, 1.807) is 18.2 Å². The predicted octanol–water partition coefficient (Wildman–Crippen LogP) is 4.48. The van der Waals surface area contributed by atoms with Crippen LogP contribution in [0.15, 0.2) is 54.6 Å². The maximum absolute atomic E-state index is 12.1. The molecule has 4 rings (SSSR count). The van der Waals surface area contributed by atoms with Crippen LogP contribution in [0.4, 0.5) is 5.69 Å². The van der Waals surface area contributed by atoms with Gasteiger partial charge in [-0.15, -0.1) is 0 Å². The smallest absolute Gasteiger partial charge is 0.338 e. The van der Waals surface area contributed by atoms with E-state index in [0.717, 1.165) is 23.2 Å². The highest BCUT2D eigenvalue weighted by Gasteiger charge is 2.38. The third-order valence-corrected chi connectivity index (χ3v) is 5.56. The molecule has 0 spiro atoms. The van der Waals surface area contributed by atoms with E-state index in [0.29, 0.717) is 23.7 Å². The van der Waals surface area contributed by atoms with Crippen LogP contribution in [0, 0.1) is 5.92 Å². The molecule has 1 aliphatic heterocycles. The number of rotatable bonds is 4. The third-order valence-electron chi connectivity index (χ3n) is 5.56. The van der Waals surface area contributed by atoms with Gasteiger partial charge in [0.25, 0.3) is 0 Å². The summed E-state index contributed by atoms with van der Waals surface area (Å²) in [6.07, 6.45) is 5.40. The molecule has 28 heavy (non-hydrogen) atoms. The largest absolute Gasteiger partial charge is 0.465 e. The van der Waals surface area contributed by atoms with Crippen molar-refractivity contribution in [3.8, 4) is 0 Å². The van der Waals surface area contributed by atoms with Crippen LogP contribution in [0.25, 0.3) is 0 Å². The summed E-state index contributed by atoms with van der Waals surface area (Å²) < 4.78 is 9.93. The van der Waals surface area contributed by atoms with Gasteiger partial charge in [0, 0.05) is 11.6 Å². The Balaban J connectivity index is 1.65. The van der Waals surface area contributed by atoms with Crippen LogP contribution < -0.4 is 5.32 Å². The molecular weight excluding hydrogens is 354 g/mol. The Morgan fingerprint density at radius 2 is 1.82 bits per heavy atom. The first-order valence-electron chi connectivity index (χ1n) is 9.55. The van der Waals surface area contributed by atoms with Crippen LogP contribution in [0.5, 0.6) is 0 Å². The molecular formula is C23H23NO4. The molecule has 1 N–H and O–H groups in total. The molecule has 144 valence electrons. The van der Waals surface area contributed by atoms with Gasteiger partial charge in [0.2, 0.25) is 0 Å². The van der Waals surface area contributed by atoms with Gasteiger partial charge in [-0.25, -0.2) is 9.59 Å². The number of allylic oxidation sites excluding steroid dienone is 2. The molecule has 3 atom stereocenters. The Morgan fingerprint density at radius 3 is 2.54 bits per heavy atom. The summed E-state index contributed by atoms with van der Waals surface area (Å²) >= 11 is 0. The lowest BCUT2D eigenvalue weighted by atomic mass is 9.76. The van der Waals surface area contributed by atoms with Gasteiger partial charge in [-0.05, 0) is 60.7 Å². The van der Waals surface area contributed by atoms with Crippen LogP contribution >= 0.6 is 0 Å². The fourth-order valence-electron chi connectivity index (χ4n) is 4.21. The Labute approximate surface area is 164 Å². The number of benzene rings is 2. The zero-order chi connectivity index (χ0) is 19.7. The number of ether oxygens (including phenoxy) is 2. The van der Waals surface area contributed by atoms with Crippen molar-refractivity contribution in [3.05, 3.63) is 76.9 Å². The molecule has 0 amide bonds. The minimum Gasteiger partial charge on any atom is -0.465 e. The molecule has 0 saturated carbocycles. The molecule has 5 nitrogen and oxygen atoms in total. The van der Waals surface area contributed by atoms with Gasteiger partial charge in [0.05, 0.1) is 30.9 Å². The molecule has 2 aliphatic rings. The van der Waals surface area contributed by atoms with Crippen molar-refractivity contribution in [2.75, 3.05) is 19.0 Å². The summed E-state index contributed by atoms with van der Waals surface area (Å²) in [5.41, 5.74) is 4.42. The van der Waals surface area contributed by atoms with E-state index in [-0.39, 0.29) is 23.9 Å². The molecule has 0 unspecified atom stereocenters. The quantitative estimate of drug-likeness (QED) is 0.629. The van der Waals surface area contributed by atoms with Crippen LogP contribution in [0.3, 0.4) is 0 Å². The lowest BCUT2D eigenvalue weighted by Crippen LogP contribution is -2.29. The van der Waals surface area contributed by atoms with Gasteiger partial charge in [-0.2, -0.15) is 0 Å². The number of carbonyl (C=O) groups excluding carboxylic acids is 2. The monoisotopic (exact) mass is 377 g/mol. The zero-order valence-corrected chi connectivity index (χ0v) is 16.0. The molecule has 0 fully saturated rings. The van der Waals surface area contributed by atoms with Gasteiger partial charge >= 0.3 is 11.9 Å². The topological polar surface area (TPSA) is 64.6 Å². The van der Waals surface area contributed by atoms with Crippen molar-refractivity contribution in [1.29, 1.82) is 0 Å². The van der Waals surface area contributed by atoms with E-state index in [4.69, 9.17) is 9.47 Å². The maximum atomic E-state index is 12.1. The molecule has 0 bridgehead atoms. The fourth-order valence-corrected chi connectivity index (χ4v) is 4.21. The zero-order valence-electron chi connectivity index (χ0n) is 16.0. The summed E-state index contributed by atoms with van der Waals surface area (Å²) in [7, 11) is 1.38. The third kappa shape index (κ3) is 3.17. The molecule has 0 saturated heterocycles. The van der Waals surface area contributed by atoms with Crippen molar-refractivity contribution in [3.63, 3.8) is 0 Å². The van der Waals surface area contributed by atoms with Crippen molar-refractivity contribution in [2.45, 2.75) is 25.3 Å². The highest BCUT2D eigenvalue weighted by atomic mass is 16.5. The van der Waals surface area contributed by atoms with Gasteiger partial charge < -0.3 is 14.8 Å².